The summed E-state index contributed by atoms with van der Waals surface area (Å²) in [5, 5.41) is 9.44. The Morgan fingerprint density at radius 3 is 3.00 bits per heavy atom. The highest BCUT2D eigenvalue weighted by Gasteiger charge is 2.07. The number of rotatable bonds is 3. The van der Waals surface area contributed by atoms with Crippen molar-refractivity contribution < 1.29 is 5.11 Å². The minimum absolute atomic E-state index is 0.253. The van der Waals surface area contributed by atoms with Crippen molar-refractivity contribution in [2.24, 2.45) is 0 Å². The van der Waals surface area contributed by atoms with Crippen molar-refractivity contribution in [1.82, 2.24) is 9.55 Å². The van der Waals surface area contributed by atoms with Crippen LogP contribution in [0, 0.1) is 6.92 Å². The Balaban J connectivity index is 2.50. The molecule has 0 aliphatic rings. The lowest BCUT2D eigenvalue weighted by atomic mass is 10.2. The molecule has 1 N–H and O–H groups in total. The van der Waals surface area contributed by atoms with Gasteiger partial charge in [0.15, 0.2) is 0 Å². The summed E-state index contributed by atoms with van der Waals surface area (Å²) in [7, 11) is 0. The molecule has 0 atom stereocenters. The zero-order valence-electron chi connectivity index (χ0n) is 9.22. The molecule has 0 aliphatic carbocycles. The van der Waals surface area contributed by atoms with Gasteiger partial charge in [0.25, 0.3) is 0 Å². The third kappa shape index (κ3) is 1.98. The Hall–Kier alpha value is -2.03. The average Bonchev–Trinajstić information content (AvgIpc) is 2.60. The predicted molar refractivity (Wildman–Crippen MR) is 64.3 cm³/mol. The van der Waals surface area contributed by atoms with E-state index in [0.29, 0.717) is 6.54 Å². The van der Waals surface area contributed by atoms with Crippen molar-refractivity contribution in [1.29, 1.82) is 0 Å². The average molecular weight is 214 g/mol. The number of aryl methyl sites for hydroxylation is 1. The quantitative estimate of drug-likeness (QED) is 0.798. The highest BCUT2D eigenvalue weighted by atomic mass is 16.3. The molecule has 3 nitrogen and oxygen atoms in total. The van der Waals surface area contributed by atoms with Crippen molar-refractivity contribution in [2.75, 3.05) is 0 Å². The maximum atomic E-state index is 9.44. The highest BCUT2D eigenvalue weighted by Crippen LogP contribution is 2.22. The van der Waals surface area contributed by atoms with Crippen molar-refractivity contribution >= 4 is 0 Å². The summed E-state index contributed by atoms with van der Waals surface area (Å²) in [5.74, 6) is 1.11. The normalized spacial score (nSPS) is 10.3. The summed E-state index contributed by atoms with van der Waals surface area (Å²) < 4.78 is 2.01. The van der Waals surface area contributed by atoms with Crippen molar-refractivity contribution in [3.8, 4) is 17.1 Å². The van der Waals surface area contributed by atoms with Crippen LogP contribution >= 0.6 is 0 Å². The molecular weight excluding hydrogens is 200 g/mol. The number of phenols is 1. The third-order valence-corrected chi connectivity index (χ3v) is 2.33. The Morgan fingerprint density at radius 2 is 2.31 bits per heavy atom. The molecule has 2 rings (SSSR count). The lowest BCUT2D eigenvalue weighted by molar-refractivity contribution is 0.475. The van der Waals surface area contributed by atoms with E-state index < -0.39 is 0 Å². The van der Waals surface area contributed by atoms with Gasteiger partial charge in [-0.15, -0.1) is 6.58 Å². The number of phenolic OH excluding ortho intramolecular Hbond substituents is 1. The van der Waals surface area contributed by atoms with Gasteiger partial charge in [0.1, 0.15) is 11.6 Å². The second-order valence-electron chi connectivity index (χ2n) is 3.70. The molecule has 1 heterocycles. The number of imidazole rings is 1. The van der Waals surface area contributed by atoms with Crippen LogP contribution in [-0.2, 0) is 6.54 Å². The number of aromatic nitrogens is 2. The second kappa shape index (κ2) is 4.23. The van der Waals surface area contributed by atoms with E-state index in [2.05, 4.69) is 11.6 Å². The van der Waals surface area contributed by atoms with Crippen molar-refractivity contribution in [2.45, 2.75) is 13.5 Å². The molecule has 16 heavy (non-hydrogen) atoms. The van der Waals surface area contributed by atoms with E-state index >= 15 is 0 Å². The highest BCUT2D eigenvalue weighted by molar-refractivity contribution is 5.58. The van der Waals surface area contributed by atoms with E-state index in [-0.39, 0.29) is 5.75 Å². The molecule has 0 aliphatic heterocycles. The topological polar surface area (TPSA) is 38.0 Å². The Kier molecular flexibility index (Phi) is 2.77. The number of hydrogen-bond donors (Lipinski definition) is 1. The van der Waals surface area contributed by atoms with Crippen LogP contribution in [0.15, 0.2) is 43.1 Å². The fourth-order valence-electron chi connectivity index (χ4n) is 1.70. The Morgan fingerprint density at radius 1 is 1.50 bits per heavy atom. The molecule has 0 spiro atoms. The molecule has 0 unspecified atom stereocenters. The van der Waals surface area contributed by atoms with E-state index in [1.807, 2.05) is 35.9 Å². The summed E-state index contributed by atoms with van der Waals surface area (Å²) in [6, 6.07) is 7.10. The largest absolute Gasteiger partial charge is 0.508 e. The van der Waals surface area contributed by atoms with Gasteiger partial charge < -0.3 is 9.67 Å². The first-order valence-corrected chi connectivity index (χ1v) is 5.15. The summed E-state index contributed by atoms with van der Waals surface area (Å²) in [4.78, 5) is 4.44. The molecule has 0 amide bonds. The van der Waals surface area contributed by atoms with E-state index in [1.54, 1.807) is 12.1 Å². The third-order valence-electron chi connectivity index (χ3n) is 2.33. The van der Waals surface area contributed by atoms with Crippen LogP contribution < -0.4 is 0 Å². The lowest BCUT2D eigenvalue weighted by Gasteiger charge is -2.04. The zero-order chi connectivity index (χ0) is 11.5. The SMILES string of the molecule is C=CCn1cc(C)nc1-c1cccc(O)c1. The minimum Gasteiger partial charge on any atom is -0.508 e. The number of hydrogen-bond acceptors (Lipinski definition) is 2. The minimum atomic E-state index is 0.253. The van der Waals surface area contributed by atoms with Crippen LogP contribution in [0.3, 0.4) is 0 Å². The standard InChI is InChI=1S/C13H14N2O/c1-3-7-15-9-10(2)14-13(15)11-5-4-6-12(16)8-11/h3-6,8-9,16H,1,7H2,2H3. The molecule has 1 aromatic carbocycles. The van der Waals surface area contributed by atoms with Gasteiger partial charge in [-0.2, -0.15) is 0 Å². The molecule has 0 fully saturated rings. The van der Waals surface area contributed by atoms with Gasteiger partial charge in [0.2, 0.25) is 0 Å². The molecule has 0 saturated heterocycles. The smallest absolute Gasteiger partial charge is 0.140 e. The van der Waals surface area contributed by atoms with Gasteiger partial charge in [-0.3, -0.25) is 0 Å². The molecule has 0 radical (unpaired) electrons. The maximum absolute atomic E-state index is 9.44. The monoisotopic (exact) mass is 214 g/mol. The Bertz CT molecular complexity index is 514. The van der Waals surface area contributed by atoms with Crippen LogP contribution in [0.25, 0.3) is 11.4 Å². The van der Waals surface area contributed by atoms with Gasteiger partial charge in [-0.25, -0.2) is 4.98 Å². The fourth-order valence-corrected chi connectivity index (χ4v) is 1.70. The molecule has 0 bridgehead atoms. The summed E-state index contributed by atoms with van der Waals surface area (Å²) in [6.45, 7) is 6.38. The van der Waals surface area contributed by atoms with Crippen LogP contribution in [0.1, 0.15) is 5.69 Å². The van der Waals surface area contributed by atoms with Gasteiger partial charge in [0, 0.05) is 18.3 Å². The maximum Gasteiger partial charge on any atom is 0.140 e. The molecule has 82 valence electrons. The second-order valence-corrected chi connectivity index (χ2v) is 3.70. The first-order chi connectivity index (χ1) is 7.70. The van der Waals surface area contributed by atoms with E-state index in [9.17, 15) is 5.11 Å². The van der Waals surface area contributed by atoms with E-state index in [0.717, 1.165) is 17.1 Å². The van der Waals surface area contributed by atoms with Crippen LogP contribution in [-0.4, -0.2) is 14.7 Å². The number of aromatic hydroxyl groups is 1. The molecule has 1 aromatic heterocycles. The van der Waals surface area contributed by atoms with Crippen LogP contribution in [0.5, 0.6) is 5.75 Å². The molecular formula is C13H14N2O. The van der Waals surface area contributed by atoms with Crippen LogP contribution in [0.2, 0.25) is 0 Å². The first kappa shape index (κ1) is 10.5. The van der Waals surface area contributed by atoms with Gasteiger partial charge in [-0.1, -0.05) is 18.2 Å². The predicted octanol–water partition coefficient (Wildman–Crippen LogP) is 2.75. The van der Waals surface area contributed by atoms with Crippen molar-refractivity contribution in [3.63, 3.8) is 0 Å². The first-order valence-electron chi connectivity index (χ1n) is 5.15. The number of benzene rings is 1. The molecule has 0 saturated carbocycles. The van der Waals surface area contributed by atoms with E-state index in [4.69, 9.17) is 0 Å². The Labute approximate surface area is 94.7 Å². The van der Waals surface area contributed by atoms with Gasteiger partial charge in [0.05, 0.1) is 5.69 Å². The number of allylic oxidation sites excluding steroid dienone is 1. The zero-order valence-corrected chi connectivity index (χ0v) is 9.22. The summed E-state index contributed by atoms with van der Waals surface area (Å²) in [6.07, 6.45) is 3.80. The molecule has 2 aromatic rings. The lowest BCUT2D eigenvalue weighted by Crippen LogP contribution is -1.96. The van der Waals surface area contributed by atoms with Crippen molar-refractivity contribution in [3.05, 3.63) is 48.8 Å². The summed E-state index contributed by atoms with van der Waals surface area (Å²) >= 11 is 0. The van der Waals surface area contributed by atoms with E-state index in [1.165, 1.54) is 0 Å². The van der Waals surface area contributed by atoms with Gasteiger partial charge >= 0.3 is 0 Å². The van der Waals surface area contributed by atoms with Crippen LogP contribution in [0.4, 0.5) is 0 Å². The molecule has 3 heteroatoms. The summed E-state index contributed by atoms with van der Waals surface area (Å²) in [5.41, 5.74) is 1.87. The van der Waals surface area contributed by atoms with Gasteiger partial charge in [-0.05, 0) is 19.1 Å². The number of nitrogens with zero attached hydrogens (tertiary/aromatic N) is 2. The fraction of sp³-hybridized carbons (Fsp3) is 0.154.